The lowest BCUT2D eigenvalue weighted by Crippen LogP contribution is -2.26. The average molecular weight is 558 g/mol. The predicted octanol–water partition coefficient (Wildman–Crippen LogP) is 4.67. The van der Waals surface area contributed by atoms with Crippen molar-refractivity contribution < 1.29 is 23.7 Å². The van der Waals surface area contributed by atoms with Crippen molar-refractivity contribution in [2.24, 2.45) is 0 Å². The van der Waals surface area contributed by atoms with Gasteiger partial charge in [0.05, 0.1) is 39.6 Å². The van der Waals surface area contributed by atoms with Gasteiger partial charge in [-0.15, -0.1) is 0 Å². The van der Waals surface area contributed by atoms with Crippen LogP contribution in [0.3, 0.4) is 0 Å². The standard InChI is InChI=1S/C32H51N3O5/c1-27-10-13-31(39-20-8-16-33(3)4)26-32(27)40-28(2)29-11-14-30(15-12-29)38-21-9-17-35(7)19-23-37-25-24-36-22-18-34(5)6/h10-15,26H,2,8-9,16-25H2,1,3-7H3. The van der Waals surface area contributed by atoms with Crippen molar-refractivity contribution in [1.82, 2.24) is 14.7 Å². The first-order valence-electron chi connectivity index (χ1n) is 14.2. The Morgan fingerprint density at radius 2 is 1.23 bits per heavy atom. The van der Waals surface area contributed by atoms with Crippen molar-refractivity contribution >= 4 is 5.76 Å². The zero-order chi connectivity index (χ0) is 29.2. The molecule has 0 aliphatic heterocycles. The summed E-state index contributed by atoms with van der Waals surface area (Å²) in [5.41, 5.74) is 1.94. The number of hydrogen-bond donors (Lipinski definition) is 0. The number of likely N-dealkylation sites (N-methyl/N-ethyl adjacent to an activating group) is 2. The largest absolute Gasteiger partial charge is 0.494 e. The Morgan fingerprint density at radius 1 is 0.650 bits per heavy atom. The molecule has 0 radical (unpaired) electrons. The summed E-state index contributed by atoms with van der Waals surface area (Å²) in [6.07, 6.45) is 1.91. The van der Waals surface area contributed by atoms with Gasteiger partial charge < -0.3 is 38.4 Å². The molecule has 0 fully saturated rings. The lowest BCUT2D eigenvalue weighted by atomic mass is 10.2. The van der Waals surface area contributed by atoms with Gasteiger partial charge in [-0.05, 0) is 90.9 Å². The molecule has 40 heavy (non-hydrogen) atoms. The SMILES string of the molecule is C=C(Oc1cc(OCCCN(C)C)ccc1C)c1ccc(OCCCN(C)CCOCCOCCN(C)C)cc1. The summed E-state index contributed by atoms with van der Waals surface area (Å²) < 4.78 is 29.1. The molecule has 0 aliphatic carbocycles. The molecule has 0 heterocycles. The average Bonchev–Trinajstić information content (AvgIpc) is 2.92. The molecule has 0 atom stereocenters. The fraction of sp³-hybridized carbons (Fsp3) is 0.562. The molecule has 0 aromatic heterocycles. The minimum Gasteiger partial charge on any atom is -0.494 e. The van der Waals surface area contributed by atoms with Crippen LogP contribution >= 0.6 is 0 Å². The van der Waals surface area contributed by atoms with Gasteiger partial charge in [-0.3, -0.25) is 0 Å². The molecular weight excluding hydrogens is 506 g/mol. The molecule has 8 nitrogen and oxygen atoms in total. The van der Waals surface area contributed by atoms with Crippen molar-refractivity contribution in [3.05, 3.63) is 60.2 Å². The molecule has 0 saturated heterocycles. The van der Waals surface area contributed by atoms with E-state index in [1.807, 2.05) is 63.5 Å². The summed E-state index contributed by atoms with van der Waals surface area (Å²) in [5, 5.41) is 0. The van der Waals surface area contributed by atoms with Crippen LogP contribution < -0.4 is 14.2 Å². The second-order valence-corrected chi connectivity index (χ2v) is 10.5. The molecule has 224 valence electrons. The zero-order valence-electron chi connectivity index (χ0n) is 25.6. The van der Waals surface area contributed by atoms with E-state index in [1.54, 1.807) is 0 Å². The van der Waals surface area contributed by atoms with E-state index in [0.29, 0.717) is 38.8 Å². The summed E-state index contributed by atoms with van der Waals surface area (Å²) in [6.45, 7) is 14.0. The first-order chi connectivity index (χ1) is 19.2. The number of nitrogens with zero attached hydrogens (tertiary/aromatic N) is 3. The number of benzene rings is 2. The first-order valence-corrected chi connectivity index (χ1v) is 14.2. The van der Waals surface area contributed by atoms with E-state index in [4.69, 9.17) is 23.7 Å². The van der Waals surface area contributed by atoms with Gasteiger partial charge in [0.25, 0.3) is 0 Å². The minimum atomic E-state index is 0.586. The third-order valence-electron chi connectivity index (χ3n) is 6.21. The number of rotatable bonds is 22. The quantitative estimate of drug-likeness (QED) is 0.153. The van der Waals surface area contributed by atoms with Crippen molar-refractivity contribution in [2.45, 2.75) is 19.8 Å². The van der Waals surface area contributed by atoms with Gasteiger partial charge in [0, 0.05) is 37.8 Å². The molecule has 0 bridgehead atoms. The lowest BCUT2D eigenvalue weighted by molar-refractivity contribution is 0.0363. The highest BCUT2D eigenvalue weighted by molar-refractivity contribution is 5.61. The molecule has 0 unspecified atom stereocenters. The van der Waals surface area contributed by atoms with Crippen molar-refractivity contribution in [1.29, 1.82) is 0 Å². The Labute approximate surface area is 242 Å². The van der Waals surface area contributed by atoms with E-state index in [0.717, 1.165) is 74.0 Å². The fourth-order valence-corrected chi connectivity index (χ4v) is 3.71. The number of aryl methyl sites for hydroxylation is 1. The van der Waals surface area contributed by atoms with Crippen LogP contribution in [0.1, 0.15) is 24.0 Å². The summed E-state index contributed by atoms with van der Waals surface area (Å²) in [6, 6.07) is 13.8. The Kier molecular flexibility index (Phi) is 16.3. The third kappa shape index (κ3) is 14.7. The maximum absolute atomic E-state index is 6.11. The third-order valence-corrected chi connectivity index (χ3v) is 6.21. The van der Waals surface area contributed by atoms with Gasteiger partial charge in [0.15, 0.2) is 0 Å². The van der Waals surface area contributed by atoms with Gasteiger partial charge in [0.2, 0.25) is 0 Å². The van der Waals surface area contributed by atoms with Crippen LogP contribution in [0.4, 0.5) is 0 Å². The second kappa shape index (κ2) is 19.5. The topological polar surface area (TPSA) is 55.9 Å². The van der Waals surface area contributed by atoms with Gasteiger partial charge in [-0.2, -0.15) is 0 Å². The van der Waals surface area contributed by atoms with Crippen LogP contribution in [0.15, 0.2) is 49.0 Å². The van der Waals surface area contributed by atoms with E-state index in [1.165, 1.54) is 0 Å². The Morgan fingerprint density at radius 3 is 1.88 bits per heavy atom. The maximum atomic E-state index is 6.11. The summed E-state index contributed by atoms with van der Waals surface area (Å²) in [5.74, 6) is 2.97. The Hall–Kier alpha value is -2.62. The smallest absolute Gasteiger partial charge is 0.134 e. The lowest BCUT2D eigenvalue weighted by Gasteiger charge is -2.17. The van der Waals surface area contributed by atoms with Crippen molar-refractivity contribution in [2.75, 3.05) is 101 Å². The molecule has 0 N–H and O–H groups in total. The van der Waals surface area contributed by atoms with Crippen LogP contribution in [-0.4, -0.2) is 116 Å². The number of ether oxygens (including phenoxy) is 5. The van der Waals surface area contributed by atoms with Crippen LogP contribution in [0, 0.1) is 6.92 Å². The van der Waals surface area contributed by atoms with E-state index < -0.39 is 0 Å². The molecule has 0 saturated carbocycles. The summed E-state index contributed by atoms with van der Waals surface area (Å²) in [4.78, 5) is 6.51. The Balaban J connectivity index is 1.64. The normalized spacial score (nSPS) is 11.4. The summed E-state index contributed by atoms with van der Waals surface area (Å²) >= 11 is 0. The van der Waals surface area contributed by atoms with Gasteiger partial charge in [0.1, 0.15) is 23.0 Å². The highest BCUT2D eigenvalue weighted by atomic mass is 16.5. The minimum absolute atomic E-state index is 0.586. The van der Waals surface area contributed by atoms with Gasteiger partial charge in [-0.25, -0.2) is 0 Å². The highest BCUT2D eigenvalue weighted by Gasteiger charge is 2.08. The van der Waals surface area contributed by atoms with E-state index in [-0.39, 0.29) is 0 Å². The van der Waals surface area contributed by atoms with Gasteiger partial charge in [-0.1, -0.05) is 12.6 Å². The fourth-order valence-electron chi connectivity index (χ4n) is 3.71. The van der Waals surface area contributed by atoms with Crippen LogP contribution in [0.25, 0.3) is 5.76 Å². The number of hydrogen-bond acceptors (Lipinski definition) is 8. The highest BCUT2D eigenvalue weighted by Crippen LogP contribution is 2.28. The van der Waals surface area contributed by atoms with Gasteiger partial charge >= 0.3 is 0 Å². The monoisotopic (exact) mass is 557 g/mol. The molecule has 8 heteroatoms. The molecule has 0 spiro atoms. The van der Waals surface area contributed by atoms with Crippen molar-refractivity contribution in [3.8, 4) is 17.2 Å². The second-order valence-electron chi connectivity index (χ2n) is 10.5. The van der Waals surface area contributed by atoms with Crippen LogP contribution in [0.2, 0.25) is 0 Å². The Bertz CT molecular complexity index is 966. The molecule has 2 rings (SSSR count). The van der Waals surface area contributed by atoms with Crippen molar-refractivity contribution in [3.63, 3.8) is 0 Å². The van der Waals surface area contributed by atoms with Crippen LogP contribution in [-0.2, 0) is 9.47 Å². The zero-order valence-corrected chi connectivity index (χ0v) is 25.6. The van der Waals surface area contributed by atoms with E-state index in [2.05, 4.69) is 42.4 Å². The molecule has 2 aromatic carbocycles. The van der Waals surface area contributed by atoms with E-state index in [9.17, 15) is 0 Å². The molecule has 2 aromatic rings. The molecule has 0 aliphatic rings. The summed E-state index contributed by atoms with van der Waals surface area (Å²) in [7, 11) is 10.3. The van der Waals surface area contributed by atoms with E-state index >= 15 is 0 Å². The maximum Gasteiger partial charge on any atom is 0.134 e. The van der Waals surface area contributed by atoms with Crippen LogP contribution in [0.5, 0.6) is 17.2 Å². The molecule has 0 amide bonds. The predicted molar refractivity (Wildman–Crippen MR) is 164 cm³/mol. The molecular formula is C32H51N3O5. The first kappa shape index (κ1) is 33.6.